The predicted octanol–water partition coefficient (Wildman–Crippen LogP) is 0.764. The number of carbonyl (C=O) groups excluding carboxylic acids is 1. The van der Waals surface area contributed by atoms with Crippen LogP contribution in [-0.4, -0.2) is 54.3 Å². The average molecular weight is 367 g/mol. The highest BCUT2D eigenvalue weighted by atomic mass is 32.2. The van der Waals surface area contributed by atoms with Crippen molar-refractivity contribution in [2.75, 3.05) is 26.2 Å². The van der Waals surface area contributed by atoms with Crippen LogP contribution in [0.4, 0.5) is 0 Å². The van der Waals surface area contributed by atoms with Crippen molar-refractivity contribution in [3.8, 4) is 0 Å². The fourth-order valence-electron chi connectivity index (χ4n) is 3.03. The second kappa shape index (κ2) is 6.64. The number of aromatic nitrogens is 1. The standard InChI is InChI=1S/C16H21N3O5S/c1-3-15(20)18-7-4-8-19(10-9-18)25(22,23)12-5-6-13-14(11-12)24-16(21)17(13)2/h5-6,11H,3-4,7-10H2,1-2H3. The normalized spacial score (nSPS) is 17.0. The highest BCUT2D eigenvalue weighted by Crippen LogP contribution is 2.22. The lowest BCUT2D eigenvalue weighted by Gasteiger charge is -2.21. The lowest BCUT2D eigenvalue weighted by Crippen LogP contribution is -2.37. The van der Waals surface area contributed by atoms with Gasteiger partial charge in [0.05, 0.1) is 10.4 Å². The summed E-state index contributed by atoms with van der Waals surface area (Å²) >= 11 is 0. The van der Waals surface area contributed by atoms with Crippen LogP contribution in [0, 0.1) is 0 Å². The molecule has 9 heteroatoms. The number of hydrogen-bond acceptors (Lipinski definition) is 5. The van der Waals surface area contributed by atoms with Crippen LogP contribution in [0.2, 0.25) is 0 Å². The van der Waals surface area contributed by atoms with Crippen LogP contribution < -0.4 is 5.76 Å². The van der Waals surface area contributed by atoms with Crippen molar-refractivity contribution in [1.82, 2.24) is 13.8 Å². The lowest BCUT2D eigenvalue weighted by molar-refractivity contribution is -0.130. The number of aryl methyl sites for hydroxylation is 1. The van der Waals surface area contributed by atoms with Crippen LogP contribution in [0.15, 0.2) is 32.3 Å². The molecule has 1 fully saturated rings. The summed E-state index contributed by atoms with van der Waals surface area (Å²) in [5.74, 6) is -0.500. The van der Waals surface area contributed by atoms with Gasteiger partial charge in [0.2, 0.25) is 15.9 Å². The first kappa shape index (κ1) is 17.7. The van der Waals surface area contributed by atoms with Gasteiger partial charge >= 0.3 is 5.76 Å². The van der Waals surface area contributed by atoms with Crippen molar-refractivity contribution in [2.45, 2.75) is 24.7 Å². The number of carbonyl (C=O) groups is 1. The lowest BCUT2D eigenvalue weighted by atomic mass is 10.3. The highest BCUT2D eigenvalue weighted by Gasteiger charge is 2.28. The number of oxazole rings is 1. The van der Waals surface area contributed by atoms with E-state index in [-0.39, 0.29) is 22.9 Å². The monoisotopic (exact) mass is 367 g/mol. The second-order valence-electron chi connectivity index (χ2n) is 6.05. The first-order valence-electron chi connectivity index (χ1n) is 8.22. The average Bonchev–Trinajstić information content (AvgIpc) is 2.79. The number of fused-ring (bicyclic) bond motifs is 1. The maximum Gasteiger partial charge on any atom is 0.419 e. The van der Waals surface area contributed by atoms with Crippen molar-refractivity contribution >= 4 is 27.0 Å². The van der Waals surface area contributed by atoms with Crippen molar-refractivity contribution in [3.63, 3.8) is 0 Å². The van der Waals surface area contributed by atoms with Crippen molar-refractivity contribution in [1.29, 1.82) is 0 Å². The second-order valence-corrected chi connectivity index (χ2v) is 7.99. The van der Waals surface area contributed by atoms with Gasteiger partial charge in [-0.05, 0) is 18.6 Å². The molecule has 0 N–H and O–H groups in total. The Kier molecular flexibility index (Phi) is 4.70. The molecule has 0 aliphatic carbocycles. The van der Waals surface area contributed by atoms with E-state index in [9.17, 15) is 18.0 Å². The van der Waals surface area contributed by atoms with Gasteiger partial charge in [0.15, 0.2) is 5.58 Å². The summed E-state index contributed by atoms with van der Waals surface area (Å²) in [7, 11) is -2.15. The number of benzene rings is 1. The fourth-order valence-corrected chi connectivity index (χ4v) is 4.52. The van der Waals surface area contributed by atoms with Crippen LogP contribution in [-0.2, 0) is 21.9 Å². The first-order valence-corrected chi connectivity index (χ1v) is 9.66. The summed E-state index contributed by atoms with van der Waals surface area (Å²) in [6, 6.07) is 4.43. The summed E-state index contributed by atoms with van der Waals surface area (Å²) in [6.07, 6.45) is 1.00. The summed E-state index contributed by atoms with van der Waals surface area (Å²) < 4.78 is 33.6. The quantitative estimate of drug-likeness (QED) is 0.799. The van der Waals surface area contributed by atoms with Gasteiger partial charge in [-0.3, -0.25) is 9.36 Å². The molecule has 0 radical (unpaired) electrons. The fraction of sp³-hybridized carbons (Fsp3) is 0.500. The molecule has 25 heavy (non-hydrogen) atoms. The van der Waals surface area contributed by atoms with E-state index in [4.69, 9.17) is 4.42 Å². The van der Waals surface area contributed by atoms with E-state index < -0.39 is 15.8 Å². The first-order chi connectivity index (χ1) is 11.8. The topological polar surface area (TPSA) is 92.8 Å². The van der Waals surface area contributed by atoms with Crippen LogP contribution in [0.25, 0.3) is 11.1 Å². The number of nitrogens with zero attached hydrogens (tertiary/aromatic N) is 3. The highest BCUT2D eigenvalue weighted by molar-refractivity contribution is 7.89. The molecular formula is C16H21N3O5S. The van der Waals surface area contributed by atoms with E-state index in [2.05, 4.69) is 0 Å². The maximum absolute atomic E-state index is 12.9. The molecule has 1 aliphatic heterocycles. The van der Waals surface area contributed by atoms with Gasteiger partial charge in [-0.2, -0.15) is 4.31 Å². The number of hydrogen-bond donors (Lipinski definition) is 0. The Hall–Kier alpha value is -2.13. The Morgan fingerprint density at radius 2 is 1.96 bits per heavy atom. The maximum atomic E-state index is 12.9. The molecule has 2 heterocycles. The third-order valence-corrected chi connectivity index (χ3v) is 6.41. The van der Waals surface area contributed by atoms with E-state index in [1.165, 1.54) is 21.0 Å². The molecule has 0 unspecified atom stereocenters. The molecule has 3 rings (SSSR count). The zero-order valence-corrected chi connectivity index (χ0v) is 15.1. The molecule has 1 amide bonds. The Balaban J connectivity index is 1.88. The molecule has 0 bridgehead atoms. The van der Waals surface area contributed by atoms with Crippen LogP contribution >= 0.6 is 0 Å². The molecule has 1 saturated heterocycles. The van der Waals surface area contributed by atoms with E-state index >= 15 is 0 Å². The number of sulfonamides is 1. The van der Waals surface area contributed by atoms with E-state index in [0.717, 1.165) is 0 Å². The van der Waals surface area contributed by atoms with E-state index in [0.29, 0.717) is 38.0 Å². The molecule has 2 aromatic rings. The minimum atomic E-state index is -3.71. The Morgan fingerprint density at radius 3 is 2.68 bits per heavy atom. The minimum Gasteiger partial charge on any atom is -0.408 e. The van der Waals surface area contributed by atoms with Crippen LogP contribution in [0.5, 0.6) is 0 Å². The third kappa shape index (κ3) is 3.21. The SMILES string of the molecule is CCC(=O)N1CCCN(S(=O)(=O)c2ccc3c(c2)oc(=O)n3C)CC1. The summed E-state index contributed by atoms with van der Waals surface area (Å²) in [5.41, 5.74) is 0.783. The van der Waals surface area contributed by atoms with Gasteiger partial charge in [-0.1, -0.05) is 6.92 Å². The summed E-state index contributed by atoms with van der Waals surface area (Å²) in [6.45, 7) is 3.35. The van der Waals surface area contributed by atoms with Gasteiger partial charge in [0.25, 0.3) is 0 Å². The molecule has 1 aromatic heterocycles. The Bertz CT molecular complexity index is 960. The smallest absolute Gasteiger partial charge is 0.408 e. The van der Waals surface area contributed by atoms with Crippen molar-refractivity contribution in [2.24, 2.45) is 7.05 Å². The zero-order chi connectivity index (χ0) is 18.2. The number of rotatable bonds is 3. The van der Waals surface area contributed by atoms with Crippen molar-refractivity contribution < 1.29 is 17.6 Å². The van der Waals surface area contributed by atoms with Gasteiger partial charge in [0.1, 0.15) is 0 Å². The van der Waals surface area contributed by atoms with Gasteiger partial charge in [0, 0.05) is 45.7 Å². The Labute approximate surface area is 145 Å². The number of amides is 1. The molecule has 136 valence electrons. The van der Waals surface area contributed by atoms with Gasteiger partial charge in [-0.25, -0.2) is 13.2 Å². The van der Waals surface area contributed by atoms with Gasteiger partial charge < -0.3 is 9.32 Å². The molecule has 8 nitrogen and oxygen atoms in total. The summed E-state index contributed by atoms with van der Waals surface area (Å²) in [5, 5.41) is 0. The third-order valence-electron chi connectivity index (χ3n) is 4.51. The molecule has 0 saturated carbocycles. The Morgan fingerprint density at radius 1 is 1.20 bits per heavy atom. The minimum absolute atomic E-state index is 0.0340. The zero-order valence-electron chi connectivity index (χ0n) is 14.3. The molecule has 0 spiro atoms. The molecular weight excluding hydrogens is 346 g/mol. The molecule has 0 atom stereocenters. The predicted molar refractivity (Wildman–Crippen MR) is 91.7 cm³/mol. The van der Waals surface area contributed by atoms with Crippen LogP contribution in [0.3, 0.4) is 0 Å². The molecule has 1 aliphatic rings. The van der Waals surface area contributed by atoms with E-state index in [1.807, 2.05) is 0 Å². The largest absolute Gasteiger partial charge is 0.419 e. The van der Waals surface area contributed by atoms with Gasteiger partial charge in [-0.15, -0.1) is 0 Å². The van der Waals surface area contributed by atoms with Crippen LogP contribution in [0.1, 0.15) is 19.8 Å². The van der Waals surface area contributed by atoms with E-state index in [1.54, 1.807) is 24.9 Å². The molecule has 1 aromatic carbocycles. The van der Waals surface area contributed by atoms with Crippen molar-refractivity contribution in [3.05, 3.63) is 28.7 Å². The summed E-state index contributed by atoms with van der Waals surface area (Å²) in [4.78, 5) is 25.2.